The van der Waals surface area contributed by atoms with E-state index in [-0.39, 0.29) is 17.3 Å². The number of hydrogen-bond acceptors (Lipinski definition) is 6. The van der Waals surface area contributed by atoms with Crippen LogP contribution in [0.2, 0.25) is 5.02 Å². The number of anilines is 2. The molecule has 188 valence electrons. The molecule has 5 rings (SSSR count). The molecule has 10 heteroatoms. The third kappa shape index (κ3) is 5.39. The quantitative estimate of drug-likeness (QED) is 0.240. The molecule has 0 aliphatic rings. The van der Waals surface area contributed by atoms with Gasteiger partial charge in [0.1, 0.15) is 5.76 Å². The number of aryl methyl sites for hydroxylation is 2. The lowest BCUT2D eigenvalue weighted by molar-refractivity contribution is 0.0983. The van der Waals surface area contributed by atoms with E-state index in [1.54, 1.807) is 47.6 Å². The number of amides is 1. The molecule has 0 aliphatic carbocycles. The molecule has 0 radical (unpaired) electrons. The second-order valence-corrected chi connectivity index (χ2v) is 11.6. The number of carbonyl (C=O) groups is 1. The van der Waals surface area contributed by atoms with Gasteiger partial charge in [-0.1, -0.05) is 22.9 Å². The van der Waals surface area contributed by atoms with Crippen LogP contribution < -0.4 is 9.62 Å². The first-order valence-corrected chi connectivity index (χ1v) is 14.0. The van der Waals surface area contributed by atoms with E-state index in [9.17, 15) is 13.2 Å². The van der Waals surface area contributed by atoms with Crippen LogP contribution in [-0.2, 0) is 16.6 Å². The summed E-state index contributed by atoms with van der Waals surface area (Å²) in [6.45, 7) is 4.28. The molecule has 0 spiro atoms. The maximum Gasteiger partial charge on any atom is 0.261 e. The number of sulfonamides is 1. The molecule has 0 saturated carbocycles. The molecule has 0 atom stereocenters. The van der Waals surface area contributed by atoms with E-state index in [2.05, 4.69) is 10.8 Å². The molecule has 0 aliphatic heterocycles. The van der Waals surface area contributed by atoms with Gasteiger partial charge in [-0.15, -0.1) is 0 Å². The van der Waals surface area contributed by atoms with Crippen molar-refractivity contribution in [3.8, 4) is 0 Å². The summed E-state index contributed by atoms with van der Waals surface area (Å²) in [6.07, 6.45) is 1.56. The van der Waals surface area contributed by atoms with Gasteiger partial charge in [-0.25, -0.2) is 13.4 Å². The summed E-state index contributed by atoms with van der Waals surface area (Å²) < 4.78 is 34.4. The second kappa shape index (κ2) is 10.0. The number of nitrogens with zero attached hydrogens (tertiary/aromatic N) is 2. The highest BCUT2D eigenvalue weighted by molar-refractivity contribution is 7.92. The number of hydrogen-bond donors (Lipinski definition) is 1. The number of thiazole rings is 1. The first-order chi connectivity index (χ1) is 17.7. The Kier molecular flexibility index (Phi) is 6.76. The van der Waals surface area contributed by atoms with Crippen LogP contribution in [0, 0.1) is 13.8 Å². The van der Waals surface area contributed by atoms with Crippen molar-refractivity contribution in [1.29, 1.82) is 0 Å². The van der Waals surface area contributed by atoms with Crippen LogP contribution in [-0.4, -0.2) is 19.3 Å². The highest BCUT2D eigenvalue weighted by Crippen LogP contribution is 2.33. The Morgan fingerprint density at radius 1 is 1.03 bits per heavy atom. The highest BCUT2D eigenvalue weighted by atomic mass is 35.5. The summed E-state index contributed by atoms with van der Waals surface area (Å²) in [6, 6.07) is 19.8. The van der Waals surface area contributed by atoms with Crippen molar-refractivity contribution in [2.75, 3.05) is 9.62 Å². The summed E-state index contributed by atoms with van der Waals surface area (Å²) in [5, 5.41) is 0.994. The third-order valence-corrected chi connectivity index (χ3v) is 8.56. The maximum atomic E-state index is 13.6. The molecular formula is C27H22ClN3O4S2. The third-order valence-electron chi connectivity index (χ3n) is 5.87. The molecule has 0 saturated heterocycles. The zero-order chi connectivity index (χ0) is 26.2. The number of aromatic nitrogens is 1. The van der Waals surface area contributed by atoms with Gasteiger partial charge in [0, 0.05) is 16.3 Å². The summed E-state index contributed by atoms with van der Waals surface area (Å²) in [5.74, 6) is 0.336. The Labute approximate surface area is 223 Å². The molecule has 5 aromatic rings. The topological polar surface area (TPSA) is 92.5 Å². The van der Waals surface area contributed by atoms with Crippen molar-refractivity contribution >= 4 is 59.9 Å². The van der Waals surface area contributed by atoms with Crippen molar-refractivity contribution in [1.82, 2.24) is 4.98 Å². The van der Waals surface area contributed by atoms with Crippen molar-refractivity contribution in [2.45, 2.75) is 25.3 Å². The van der Waals surface area contributed by atoms with Crippen LogP contribution in [0.25, 0.3) is 10.2 Å². The zero-order valence-electron chi connectivity index (χ0n) is 19.9. The lowest BCUT2D eigenvalue weighted by Gasteiger charge is -2.19. The fourth-order valence-corrected chi connectivity index (χ4v) is 5.96. The van der Waals surface area contributed by atoms with Gasteiger partial charge in [0.05, 0.1) is 27.9 Å². The van der Waals surface area contributed by atoms with Gasteiger partial charge >= 0.3 is 0 Å². The van der Waals surface area contributed by atoms with Crippen molar-refractivity contribution in [3.05, 3.63) is 107 Å². The van der Waals surface area contributed by atoms with E-state index in [4.69, 9.17) is 21.0 Å². The van der Waals surface area contributed by atoms with Gasteiger partial charge in [-0.05, 0) is 97.8 Å². The second-order valence-electron chi connectivity index (χ2n) is 8.51. The zero-order valence-corrected chi connectivity index (χ0v) is 22.3. The Bertz CT molecular complexity index is 1640. The van der Waals surface area contributed by atoms with E-state index in [1.807, 2.05) is 19.9 Å². The Morgan fingerprint density at radius 2 is 1.73 bits per heavy atom. The van der Waals surface area contributed by atoms with Gasteiger partial charge in [0.25, 0.3) is 15.9 Å². The largest absolute Gasteiger partial charge is 0.467 e. The first kappa shape index (κ1) is 25.0. The van der Waals surface area contributed by atoms with Crippen molar-refractivity contribution < 1.29 is 17.6 Å². The maximum absolute atomic E-state index is 13.6. The number of benzene rings is 3. The molecule has 3 aromatic carbocycles. The Balaban J connectivity index is 1.43. The fraction of sp³-hybridized carbons (Fsp3) is 0.111. The average molecular weight is 552 g/mol. The SMILES string of the molecule is Cc1cc2nc(N(Cc3ccco3)C(=O)c3ccc(NS(=O)(=O)c4ccc(Cl)cc4)cc3)sc2cc1C. The van der Waals surface area contributed by atoms with Gasteiger partial charge < -0.3 is 4.42 Å². The monoisotopic (exact) mass is 551 g/mol. The summed E-state index contributed by atoms with van der Waals surface area (Å²) >= 11 is 7.29. The lowest BCUT2D eigenvalue weighted by atomic mass is 10.1. The van der Waals surface area contributed by atoms with Gasteiger partial charge in [-0.2, -0.15) is 0 Å². The van der Waals surface area contributed by atoms with Gasteiger partial charge in [0.2, 0.25) is 0 Å². The molecule has 1 amide bonds. The number of carbonyl (C=O) groups excluding carboxylic acids is 1. The van der Waals surface area contributed by atoms with E-state index in [1.165, 1.54) is 35.6 Å². The number of furan rings is 1. The van der Waals surface area contributed by atoms with Crippen molar-refractivity contribution in [2.24, 2.45) is 0 Å². The van der Waals surface area contributed by atoms with E-state index >= 15 is 0 Å². The molecule has 0 bridgehead atoms. The first-order valence-electron chi connectivity index (χ1n) is 11.3. The molecule has 7 nitrogen and oxygen atoms in total. The van der Waals surface area contributed by atoms with Crippen LogP contribution >= 0.6 is 22.9 Å². The number of nitrogens with one attached hydrogen (secondary N) is 1. The van der Waals surface area contributed by atoms with E-state index in [0.717, 1.165) is 21.3 Å². The predicted octanol–water partition coefficient (Wildman–Crippen LogP) is 6.81. The van der Waals surface area contributed by atoms with Crippen LogP contribution in [0.15, 0.2) is 88.4 Å². The molecule has 2 aromatic heterocycles. The smallest absolute Gasteiger partial charge is 0.261 e. The van der Waals surface area contributed by atoms with E-state index in [0.29, 0.717) is 27.2 Å². The standard InChI is InChI=1S/C27H22ClN3O4S2/c1-17-14-24-25(15-18(17)2)36-27(29-24)31(16-22-4-3-13-35-22)26(32)19-5-9-21(10-6-19)30-37(33,34)23-11-7-20(28)8-12-23/h3-15,30H,16H2,1-2H3. The minimum atomic E-state index is -3.80. The van der Waals surface area contributed by atoms with Gasteiger partial charge in [0.15, 0.2) is 5.13 Å². The van der Waals surface area contributed by atoms with Crippen LogP contribution in [0.5, 0.6) is 0 Å². The number of halogens is 1. The summed E-state index contributed by atoms with van der Waals surface area (Å²) in [4.78, 5) is 20.0. The fourth-order valence-electron chi connectivity index (χ4n) is 3.73. The molecule has 37 heavy (non-hydrogen) atoms. The molecule has 1 N–H and O–H groups in total. The Morgan fingerprint density at radius 3 is 2.41 bits per heavy atom. The highest BCUT2D eigenvalue weighted by Gasteiger charge is 2.23. The molecule has 2 heterocycles. The molecule has 0 fully saturated rings. The predicted molar refractivity (Wildman–Crippen MR) is 147 cm³/mol. The lowest BCUT2D eigenvalue weighted by Crippen LogP contribution is -2.30. The Hall–Kier alpha value is -3.66. The summed E-state index contributed by atoms with van der Waals surface area (Å²) in [7, 11) is -3.80. The van der Waals surface area contributed by atoms with Crippen LogP contribution in [0.3, 0.4) is 0 Å². The normalized spacial score (nSPS) is 11.5. The van der Waals surface area contributed by atoms with E-state index < -0.39 is 10.0 Å². The number of rotatable bonds is 7. The van der Waals surface area contributed by atoms with Crippen molar-refractivity contribution in [3.63, 3.8) is 0 Å². The molecule has 0 unspecified atom stereocenters. The summed E-state index contributed by atoms with van der Waals surface area (Å²) in [5.41, 5.74) is 3.82. The molecular weight excluding hydrogens is 530 g/mol. The number of fused-ring (bicyclic) bond motifs is 1. The average Bonchev–Trinajstić information content (AvgIpc) is 3.53. The van der Waals surface area contributed by atoms with Crippen LogP contribution in [0.1, 0.15) is 27.2 Å². The minimum Gasteiger partial charge on any atom is -0.467 e. The van der Waals surface area contributed by atoms with Crippen LogP contribution in [0.4, 0.5) is 10.8 Å². The van der Waals surface area contributed by atoms with Gasteiger partial charge in [-0.3, -0.25) is 14.4 Å². The minimum absolute atomic E-state index is 0.0861.